The maximum atomic E-state index is 15.7. The molecule has 2 unspecified atom stereocenters. The lowest BCUT2D eigenvalue weighted by molar-refractivity contribution is -0.138. The summed E-state index contributed by atoms with van der Waals surface area (Å²) in [5.41, 5.74) is 5.77. The second-order valence-corrected chi connectivity index (χ2v) is 12.5. The first-order valence-corrected chi connectivity index (χ1v) is 14.0. The number of benzene rings is 3. The van der Waals surface area contributed by atoms with Crippen LogP contribution in [0.25, 0.3) is 11.1 Å². The third kappa shape index (κ3) is 5.00. The predicted octanol–water partition coefficient (Wildman–Crippen LogP) is 7.85. The van der Waals surface area contributed by atoms with Crippen LogP contribution < -0.4 is 16.0 Å². The number of thioether (sulfide) groups is 1. The Labute approximate surface area is 244 Å². The maximum absolute atomic E-state index is 15.7. The molecule has 5 rings (SSSR count). The number of nitrogens with zero attached hydrogens (tertiary/aromatic N) is 1. The van der Waals surface area contributed by atoms with Crippen LogP contribution in [0.2, 0.25) is 0 Å². The Morgan fingerprint density at radius 1 is 1.00 bits per heavy atom. The molecule has 220 valence electrons. The van der Waals surface area contributed by atoms with Crippen molar-refractivity contribution in [2.45, 2.75) is 55.2 Å². The Balaban J connectivity index is 1.85. The standard InChI is InChI=1S/C32H29F5N2O2S/c1-17-20(16-21-22(32(35,36)37)13-9-14-23(21)33)30-39(29(40)25(17)19-12-8-15-24(41-4)26(19)34)28(31(2,3)42-30)27(38)18-10-6-5-7-11-18/h5-15,27-28H,16,38H2,1-4H3. The van der Waals surface area contributed by atoms with Crippen molar-refractivity contribution < 1.29 is 26.7 Å². The van der Waals surface area contributed by atoms with E-state index >= 15 is 8.78 Å². The van der Waals surface area contributed by atoms with E-state index in [4.69, 9.17) is 10.5 Å². The van der Waals surface area contributed by atoms with Crippen molar-refractivity contribution in [3.63, 3.8) is 0 Å². The van der Waals surface area contributed by atoms with Crippen molar-refractivity contribution in [2.75, 3.05) is 7.11 Å². The zero-order chi connectivity index (χ0) is 30.6. The number of fused-ring (bicyclic) bond motifs is 1. The molecular formula is C32H29F5N2O2S. The minimum absolute atomic E-state index is 0.0430. The average molecular weight is 601 g/mol. The minimum Gasteiger partial charge on any atom is -0.494 e. The number of ether oxygens (including phenoxy) is 1. The molecule has 0 amide bonds. The number of nitrogens with two attached hydrogens (primary N) is 1. The summed E-state index contributed by atoms with van der Waals surface area (Å²) in [6, 6.07) is 15.0. The Morgan fingerprint density at radius 2 is 1.67 bits per heavy atom. The summed E-state index contributed by atoms with van der Waals surface area (Å²) < 4.78 is 78.8. The van der Waals surface area contributed by atoms with Gasteiger partial charge in [-0.25, -0.2) is 8.78 Å². The first kappa shape index (κ1) is 29.8. The van der Waals surface area contributed by atoms with Crippen LogP contribution in [-0.4, -0.2) is 16.4 Å². The predicted molar refractivity (Wildman–Crippen MR) is 154 cm³/mol. The van der Waals surface area contributed by atoms with Crippen molar-refractivity contribution >= 4 is 11.8 Å². The van der Waals surface area contributed by atoms with Crippen molar-refractivity contribution in [1.82, 2.24) is 4.57 Å². The van der Waals surface area contributed by atoms with E-state index in [0.29, 0.717) is 10.6 Å². The van der Waals surface area contributed by atoms with E-state index < -0.39 is 57.7 Å². The zero-order valence-electron chi connectivity index (χ0n) is 23.4. The summed E-state index contributed by atoms with van der Waals surface area (Å²) in [5.74, 6) is -1.91. The number of halogens is 5. The second-order valence-electron chi connectivity index (χ2n) is 10.8. The first-order chi connectivity index (χ1) is 19.8. The topological polar surface area (TPSA) is 57.2 Å². The van der Waals surface area contributed by atoms with E-state index in [0.717, 1.165) is 23.8 Å². The minimum atomic E-state index is -4.81. The fraction of sp³-hybridized carbons (Fsp3) is 0.281. The second kappa shape index (κ2) is 10.9. The van der Waals surface area contributed by atoms with E-state index in [1.807, 2.05) is 44.2 Å². The van der Waals surface area contributed by atoms with Crippen molar-refractivity contribution in [3.05, 3.63) is 117 Å². The lowest BCUT2D eigenvalue weighted by atomic mass is 9.88. The van der Waals surface area contributed by atoms with Crippen LogP contribution in [-0.2, 0) is 12.6 Å². The van der Waals surface area contributed by atoms with Crippen molar-refractivity contribution in [2.24, 2.45) is 5.73 Å². The highest BCUT2D eigenvalue weighted by atomic mass is 32.2. The maximum Gasteiger partial charge on any atom is 0.416 e. The van der Waals surface area contributed by atoms with Crippen LogP contribution in [0.5, 0.6) is 5.75 Å². The van der Waals surface area contributed by atoms with Gasteiger partial charge in [0.2, 0.25) is 0 Å². The lowest BCUT2D eigenvalue weighted by Gasteiger charge is -2.32. The molecule has 1 aliphatic heterocycles. The van der Waals surface area contributed by atoms with Gasteiger partial charge < -0.3 is 10.5 Å². The summed E-state index contributed by atoms with van der Waals surface area (Å²) in [7, 11) is 1.29. The molecule has 0 radical (unpaired) electrons. The molecule has 4 aromatic rings. The van der Waals surface area contributed by atoms with E-state index in [1.165, 1.54) is 41.6 Å². The van der Waals surface area contributed by atoms with Crippen LogP contribution in [0.4, 0.5) is 22.0 Å². The number of hydrogen-bond acceptors (Lipinski definition) is 4. The summed E-state index contributed by atoms with van der Waals surface area (Å²) >= 11 is 1.29. The number of hydrogen-bond donors (Lipinski definition) is 1. The van der Waals surface area contributed by atoms with E-state index in [2.05, 4.69) is 0 Å². The number of aromatic nitrogens is 1. The summed E-state index contributed by atoms with van der Waals surface area (Å²) in [5, 5.41) is 0.377. The van der Waals surface area contributed by atoms with Gasteiger partial charge in [0.1, 0.15) is 5.82 Å². The SMILES string of the molecule is COc1cccc(-c2c(C)c(Cc3c(F)cccc3C(F)(F)F)c3n(c2=O)C(C(N)c2ccccc2)C(C)(C)S3)c1F. The van der Waals surface area contributed by atoms with E-state index in [-0.39, 0.29) is 22.4 Å². The monoisotopic (exact) mass is 600 g/mol. The van der Waals surface area contributed by atoms with Gasteiger partial charge in [0.05, 0.1) is 35.3 Å². The van der Waals surface area contributed by atoms with Crippen molar-refractivity contribution in [1.29, 1.82) is 0 Å². The van der Waals surface area contributed by atoms with Gasteiger partial charge in [-0.1, -0.05) is 60.3 Å². The number of pyridine rings is 1. The highest BCUT2D eigenvalue weighted by molar-refractivity contribution is 8.00. The van der Waals surface area contributed by atoms with Gasteiger partial charge in [-0.2, -0.15) is 13.2 Å². The third-order valence-electron chi connectivity index (χ3n) is 7.84. The van der Waals surface area contributed by atoms with E-state index in [9.17, 15) is 18.0 Å². The molecule has 0 fully saturated rings. The molecule has 1 aromatic heterocycles. The normalized spacial score (nSPS) is 16.8. The van der Waals surface area contributed by atoms with Gasteiger partial charge in [-0.15, -0.1) is 0 Å². The summed E-state index contributed by atoms with van der Waals surface area (Å²) in [6.07, 6.45) is -5.29. The third-order valence-corrected chi connectivity index (χ3v) is 9.25. The highest BCUT2D eigenvalue weighted by Crippen LogP contribution is 2.54. The number of alkyl halides is 3. The summed E-state index contributed by atoms with van der Waals surface area (Å²) in [4.78, 5) is 14.4. The molecule has 0 saturated carbocycles. The summed E-state index contributed by atoms with van der Waals surface area (Å²) in [6.45, 7) is 5.34. The van der Waals surface area contributed by atoms with Gasteiger partial charge in [0.25, 0.3) is 5.56 Å². The lowest BCUT2D eigenvalue weighted by Crippen LogP contribution is -2.39. The fourth-order valence-electron chi connectivity index (χ4n) is 5.83. The molecule has 2 atom stereocenters. The van der Waals surface area contributed by atoms with Crippen LogP contribution >= 0.6 is 11.8 Å². The molecule has 10 heteroatoms. The molecule has 0 aliphatic carbocycles. The number of methoxy groups -OCH3 is 1. The quantitative estimate of drug-likeness (QED) is 0.229. The molecular weight excluding hydrogens is 571 g/mol. The molecule has 42 heavy (non-hydrogen) atoms. The molecule has 1 aliphatic rings. The fourth-order valence-corrected chi connectivity index (χ4v) is 7.35. The van der Waals surface area contributed by atoms with Crippen LogP contribution in [0.3, 0.4) is 0 Å². The van der Waals surface area contributed by atoms with Gasteiger partial charge in [-0.3, -0.25) is 9.36 Å². The Hall–Kier alpha value is -3.63. The van der Waals surface area contributed by atoms with Crippen LogP contribution in [0, 0.1) is 18.6 Å². The van der Waals surface area contributed by atoms with Gasteiger partial charge in [0.15, 0.2) is 11.6 Å². The Kier molecular flexibility index (Phi) is 7.74. The molecule has 0 saturated heterocycles. The Bertz CT molecular complexity index is 1720. The number of rotatable bonds is 6. The highest BCUT2D eigenvalue weighted by Gasteiger charge is 2.47. The van der Waals surface area contributed by atoms with Gasteiger partial charge in [-0.05, 0) is 55.7 Å². The van der Waals surface area contributed by atoms with E-state index in [1.54, 1.807) is 6.92 Å². The van der Waals surface area contributed by atoms with Gasteiger partial charge in [0, 0.05) is 22.3 Å². The van der Waals surface area contributed by atoms with Crippen molar-refractivity contribution in [3.8, 4) is 16.9 Å². The van der Waals surface area contributed by atoms with Gasteiger partial charge >= 0.3 is 6.18 Å². The van der Waals surface area contributed by atoms with Crippen LogP contribution in [0.15, 0.2) is 76.6 Å². The average Bonchev–Trinajstić information content (AvgIpc) is 3.23. The molecule has 0 bridgehead atoms. The largest absolute Gasteiger partial charge is 0.494 e. The molecule has 0 spiro atoms. The molecule has 2 heterocycles. The Morgan fingerprint density at radius 3 is 2.31 bits per heavy atom. The smallest absolute Gasteiger partial charge is 0.416 e. The molecule has 3 aromatic carbocycles. The molecule has 2 N–H and O–H groups in total. The van der Waals surface area contributed by atoms with Crippen LogP contribution in [0.1, 0.15) is 53.7 Å². The molecule has 4 nitrogen and oxygen atoms in total. The zero-order valence-corrected chi connectivity index (χ0v) is 24.2. The first-order valence-electron chi connectivity index (χ1n) is 13.2.